The summed E-state index contributed by atoms with van der Waals surface area (Å²) in [4.78, 5) is 36.7. The summed E-state index contributed by atoms with van der Waals surface area (Å²) >= 11 is 1.07. The molecule has 2 amide bonds. The number of hydrogen-bond acceptors (Lipinski definition) is 5. The Kier molecular flexibility index (Phi) is 4.66. The number of ether oxygens (including phenoxy) is 1. The number of nitrogens with zero attached hydrogens (tertiary/aromatic N) is 1. The van der Waals surface area contributed by atoms with Gasteiger partial charge < -0.3 is 15.0 Å². The molecule has 0 bridgehead atoms. The van der Waals surface area contributed by atoms with E-state index in [0.717, 1.165) is 11.3 Å². The van der Waals surface area contributed by atoms with Crippen LogP contribution in [0.15, 0.2) is 0 Å². The number of thiophene rings is 1. The highest BCUT2D eigenvalue weighted by molar-refractivity contribution is 7.18. The molecule has 1 heterocycles. The molecule has 1 aromatic rings. The van der Waals surface area contributed by atoms with Crippen LogP contribution in [0, 0.1) is 6.92 Å². The van der Waals surface area contributed by atoms with Crippen LogP contribution in [0.3, 0.4) is 0 Å². The molecule has 0 spiro atoms. The monoisotopic (exact) mass is 284 g/mol. The van der Waals surface area contributed by atoms with Crippen molar-refractivity contribution in [3.63, 3.8) is 0 Å². The van der Waals surface area contributed by atoms with E-state index in [2.05, 4.69) is 10.1 Å². The van der Waals surface area contributed by atoms with E-state index in [4.69, 9.17) is 0 Å². The van der Waals surface area contributed by atoms with Gasteiger partial charge in [0.15, 0.2) is 0 Å². The summed E-state index contributed by atoms with van der Waals surface area (Å²) in [6.07, 6.45) is 0. The molecule has 1 rings (SSSR count). The second kappa shape index (κ2) is 5.83. The fourth-order valence-corrected chi connectivity index (χ4v) is 2.78. The van der Waals surface area contributed by atoms with Crippen molar-refractivity contribution in [2.45, 2.75) is 13.8 Å². The van der Waals surface area contributed by atoms with Gasteiger partial charge >= 0.3 is 5.97 Å². The fourth-order valence-electron chi connectivity index (χ4n) is 1.52. The quantitative estimate of drug-likeness (QED) is 0.853. The topological polar surface area (TPSA) is 75.7 Å². The normalized spacial score (nSPS) is 9.95. The van der Waals surface area contributed by atoms with Crippen LogP contribution in [0.2, 0.25) is 0 Å². The molecule has 1 N–H and O–H groups in total. The van der Waals surface area contributed by atoms with Crippen LogP contribution in [0.1, 0.15) is 32.5 Å². The third kappa shape index (κ3) is 3.11. The Morgan fingerprint density at radius 2 is 1.84 bits per heavy atom. The number of carbonyl (C=O) groups excluding carboxylic acids is 3. The lowest BCUT2D eigenvalue weighted by atomic mass is 10.1. The van der Waals surface area contributed by atoms with Crippen molar-refractivity contribution in [1.82, 2.24) is 4.90 Å². The number of hydrogen-bond donors (Lipinski definition) is 1. The average Bonchev–Trinajstić information content (AvgIpc) is 2.63. The predicted octanol–water partition coefficient (Wildman–Crippen LogP) is 1.50. The van der Waals surface area contributed by atoms with Crippen molar-refractivity contribution < 1.29 is 19.1 Å². The van der Waals surface area contributed by atoms with Crippen LogP contribution in [-0.4, -0.2) is 43.9 Å². The molecule has 19 heavy (non-hydrogen) atoms. The molecule has 0 radical (unpaired) electrons. The lowest BCUT2D eigenvalue weighted by molar-refractivity contribution is -0.114. The van der Waals surface area contributed by atoms with Gasteiger partial charge in [-0.15, -0.1) is 11.3 Å². The molecule has 0 aliphatic rings. The van der Waals surface area contributed by atoms with E-state index >= 15 is 0 Å². The minimum atomic E-state index is -0.574. The molecule has 104 valence electrons. The Morgan fingerprint density at radius 3 is 2.26 bits per heavy atom. The molecule has 0 unspecified atom stereocenters. The molecular weight excluding hydrogens is 268 g/mol. The Hall–Kier alpha value is -1.89. The van der Waals surface area contributed by atoms with E-state index < -0.39 is 5.97 Å². The summed E-state index contributed by atoms with van der Waals surface area (Å²) < 4.78 is 4.68. The summed E-state index contributed by atoms with van der Waals surface area (Å²) in [5.41, 5.74) is 0.743. The zero-order valence-corrected chi connectivity index (χ0v) is 12.3. The molecule has 7 heteroatoms. The van der Waals surface area contributed by atoms with Crippen molar-refractivity contribution in [2.24, 2.45) is 0 Å². The first-order valence-corrected chi connectivity index (χ1v) is 6.32. The minimum absolute atomic E-state index is 0.218. The molecule has 0 saturated carbocycles. The maximum absolute atomic E-state index is 12.0. The van der Waals surface area contributed by atoms with E-state index in [-0.39, 0.29) is 17.4 Å². The molecule has 1 aromatic heterocycles. The molecule has 0 saturated heterocycles. The van der Waals surface area contributed by atoms with Gasteiger partial charge in [0.2, 0.25) is 5.91 Å². The standard InChI is InChI=1S/C12H16N2O4S/c1-6-8(12(17)18-5)10(13-7(2)15)19-9(6)11(16)14(3)4/h1-5H3,(H,13,15). The molecule has 0 fully saturated rings. The highest BCUT2D eigenvalue weighted by Gasteiger charge is 2.26. The third-order valence-electron chi connectivity index (χ3n) is 2.43. The van der Waals surface area contributed by atoms with Crippen LogP contribution in [0.5, 0.6) is 0 Å². The van der Waals surface area contributed by atoms with Gasteiger partial charge in [-0.1, -0.05) is 0 Å². The molecule has 0 aliphatic heterocycles. The van der Waals surface area contributed by atoms with Gasteiger partial charge in [0, 0.05) is 21.0 Å². The first kappa shape index (κ1) is 15.2. The minimum Gasteiger partial charge on any atom is -0.465 e. The number of rotatable bonds is 3. The van der Waals surface area contributed by atoms with Gasteiger partial charge in [-0.05, 0) is 12.5 Å². The summed E-state index contributed by atoms with van der Waals surface area (Å²) in [6, 6.07) is 0. The lowest BCUT2D eigenvalue weighted by Gasteiger charge is -2.08. The summed E-state index contributed by atoms with van der Waals surface area (Å²) in [5, 5.41) is 2.89. The van der Waals surface area contributed by atoms with Crippen LogP contribution in [0.25, 0.3) is 0 Å². The summed E-state index contributed by atoms with van der Waals surface area (Å²) in [6.45, 7) is 2.99. The van der Waals surface area contributed by atoms with Crippen molar-refractivity contribution in [2.75, 3.05) is 26.5 Å². The number of methoxy groups -OCH3 is 1. The highest BCUT2D eigenvalue weighted by Crippen LogP contribution is 2.34. The number of amides is 2. The Bertz CT molecular complexity index is 534. The van der Waals surface area contributed by atoms with Crippen molar-refractivity contribution >= 4 is 34.1 Å². The van der Waals surface area contributed by atoms with Gasteiger partial charge in [-0.2, -0.15) is 0 Å². The number of esters is 1. The van der Waals surface area contributed by atoms with Gasteiger partial charge in [-0.3, -0.25) is 9.59 Å². The Morgan fingerprint density at radius 1 is 1.26 bits per heavy atom. The van der Waals surface area contributed by atoms with Crippen LogP contribution < -0.4 is 5.32 Å². The first-order valence-electron chi connectivity index (χ1n) is 5.50. The average molecular weight is 284 g/mol. The van der Waals surface area contributed by atoms with Crippen molar-refractivity contribution in [1.29, 1.82) is 0 Å². The van der Waals surface area contributed by atoms with E-state index in [0.29, 0.717) is 15.4 Å². The highest BCUT2D eigenvalue weighted by atomic mass is 32.1. The van der Waals surface area contributed by atoms with Gasteiger partial charge in [-0.25, -0.2) is 4.79 Å². The summed E-state index contributed by atoms with van der Waals surface area (Å²) in [7, 11) is 4.50. The number of nitrogens with one attached hydrogen (secondary N) is 1. The maximum Gasteiger partial charge on any atom is 0.341 e. The largest absolute Gasteiger partial charge is 0.465 e. The second-order valence-electron chi connectivity index (χ2n) is 4.13. The van der Waals surface area contributed by atoms with Gasteiger partial charge in [0.05, 0.1) is 17.6 Å². The zero-order chi connectivity index (χ0) is 14.7. The van der Waals surface area contributed by atoms with Crippen molar-refractivity contribution in [3.05, 3.63) is 16.0 Å². The molecule has 6 nitrogen and oxygen atoms in total. The Balaban J connectivity index is 3.38. The van der Waals surface area contributed by atoms with E-state index in [1.165, 1.54) is 18.9 Å². The van der Waals surface area contributed by atoms with Gasteiger partial charge in [0.1, 0.15) is 5.00 Å². The van der Waals surface area contributed by atoms with Crippen LogP contribution >= 0.6 is 11.3 Å². The van der Waals surface area contributed by atoms with Crippen LogP contribution in [-0.2, 0) is 9.53 Å². The van der Waals surface area contributed by atoms with Crippen molar-refractivity contribution in [3.8, 4) is 0 Å². The molecule has 0 aromatic carbocycles. The number of carbonyl (C=O) groups is 3. The lowest BCUT2D eigenvalue weighted by Crippen LogP contribution is -2.21. The number of anilines is 1. The first-order chi connectivity index (χ1) is 8.79. The molecule has 0 atom stereocenters. The smallest absolute Gasteiger partial charge is 0.341 e. The Labute approximate surface area is 115 Å². The SMILES string of the molecule is COC(=O)c1c(NC(C)=O)sc(C(=O)N(C)C)c1C. The fraction of sp³-hybridized carbons (Fsp3) is 0.417. The predicted molar refractivity (Wildman–Crippen MR) is 72.7 cm³/mol. The van der Waals surface area contributed by atoms with E-state index in [9.17, 15) is 14.4 Å². The summed E-state index contributed by atoms with van der Waals surface area (Å²) in [5.74, 6) is -1.10. The molecule has 0 aliphatic carbocycles. The van der Waals surface area contributed by atoms with Crippen LogP contribution in [0.4, 0.5) is 5.00 Å². The van der Waals surface area contributed by atoms with E-state index in [1.807, 2.05) is 0 Å². The van der Waals surface area contributed by atoms with E-state index in [1.54, 1.807) is 21.0 Å². The van der Waals surface area contributed by atoms with Gasteiger partial charge in [0.25, 0.3) is 5.91 Å². The third-order valence-corrected chi connectivity index (χ3v) is 3.62. The second-order valence-corrected chi connectivity index (χ2v) is 5.15. The zero-order valence-electron chi connectivity index (χ0n) is 11.5. The molecular formula is C12H16N2O4S. The maximum atomic E-state index is 12.0.